The summed E-state index contributed by atoms with van der Waals surface area (Å²) in [7, 11) is -2.38. The van der Waals surface area contributed by atoms with Crippen molar-refractivity contribution in [2.24, 2.45) is 0 Å². The van der Waals surface area contributed by atoms with E-state index in [9.17, 15) is 0 Å². The lowest BCUT2D eigenvalue weighted by atomic mass is 9.94. The molecule has 1 aliphatic heterocycles. The highest BCUT2D eigenvalue weighted by molar-refractivity contribution is 7.95. The number of hydrogen-bond donors (Lipinski definition) is 0. The standard InChI is InChI=1S/C53H52O5P/c1-8-22-42(23-9-1)36-54-40-49-51(55-37-43-24-10-2-11-25-43)53(57-39-45-28-14-4-15-29-45)52(56-38-44-26-12-3-13-27-44)50(58-49)41-59(46-30-16-5-17-31-46,47-32-18-6-19-33-47)48-34-20-7-21-35-48/h1-35,49-53H,36-41H2/q+1/t49-,50+,51+,52+,53+/m1/s1. The van der Waals surface area contributed by atoms with Crippen LogP contribution >= 0.6 is 7.26 Å². The minimum atomic E-state index is -2.38. The van der Waals surface area contributed by atoms with Crippen molar-refractivity contribution in [2.45, 2.75) is 56.9 Å². The van der Waals surface area contributed by atoms with Crippen LogP contribution in [0.15, 0.2) is 212 Å². The average molecular weight is 800 g/mol. The number of rotatable bonds is 18. The summed E-state index contributed by atoms with van der Waals surface area (Å²) in [4.78, 5) is 0. The number of hydrogen-bond acceptors (Lipinski definition) is 5. The Morgan fingerprint density at radius 1 is 0.339 bits per heavy atom. The number of benzene rings is 7. The van der Waals surface area contributed by atoms with Gasteiger partial charge in [-0.3, -0.25) is 0 Å². The fourth-order valence-corrected chi connectivity index (χ4v) is 12.5. The van der Waals surface area contributed by atoms with E-state index in [2.05, 4.69) is 164 Å². The summed E-state index contributed by atoms with van der Waals surface area (Å²) in [5.74, 6) is 0. The van der Waals surface area contributed by atoms with Crippen LogP contribution in [0.5, 0.6) is 0 Å². The molecular formula is C53H52O5P+. The summed E-state index contributed by atoms with van der Waals surface area (Å²) in [6.45, 7) is 1.94. The normalized spacial score (nSPS) is 19.3. The highest BCUT2D eigenvalue weighted by Gasteiger charge is 2.55. The van der Waals surface area contributed by atoms with E-state index >= 15 is 0 Å². The Kier molecular flexibility index (Phi) is 14.2. The molecule has 0 radical (unpaired) electrons. The van der Waals surface area contributed by atoms with Gasteiger partial charge in [-0.2, -0.15) is 0 Å². The molecule has 8 rings (SSSR count). The van der Waals surface area contributed by atoms with Crippen molar-refractivity contribution in [3.63, 3.8) is 0 Å². The van der Waals surface area contributed by atoms with Gasteiger partial charge in [0.1, 0.15) is 59.9 Å². The molecule has 7 aromatic carbocycles. The van der Waals surface area contributed by atoms with Gasteiger partial charge >= 0.3 is 0 Å². The van der Waals surface area contributed by atoms with Crippen LogP contribution in [-0.2, 0) is 50.1 Å². The lowest BCUT2D eigenvalue weighted by Crippen LogP contribution is -2.62. The lowest BCUT2D eigenvalue weighted by Gasteiger charge is -2.47. The predicted molar refractivity (Wildman–Crippen MR) is 240 cm³/mol. The SMILES string of the molecule is c1ccc(COC[C@H]2O[C@@H](C[P+](c3ccccc3)(c3ccccc3)c3ccccc3)[C@H](OCc3ccccc3)[C@@H](OCc3ccccc3)[C@H]2OCc2ccccc2)cc1. The zero-order valence-electron chi connectivity index (χ0n) is 33.3. The molecule has 1 fully saturated rings. The van der Waals surface area contributed by atoms with E-state index in [1.165, 1.54) is 15.9 Å². The molecule has 0 N–H and O–H groups in total. The van der Waals surface area contributed by atoms with Gasteiger partial charge in [0.15, 0.2) is 0 Å². The van der Waals surface area contributed by atoms with Gasteiger partial charge in [0.05, 0.1) is 33.0 Å². The first-order valence-electron chi connectivity index (χ1n) is 20.5. The van der Waals surface area contributed by atoms with Crippen LogP contribution in [0.25, 0.3) is 0 Å². The van der Waals surface area contributed by atoms with Crippen LogP contribution in [0.2, 0.25) is 0 Å². The van der Waals surface area contributed by atoms with E-state index < -0.39 is 37.8 Å². The van der Waals surface area contributed by atoms with Gasteiger partial charge in [-0.1, -0.05) is 176 Å². The second-order valence-corrected chi connectivity index (χ2v) is 18.5. The van der Waals surface area contributed by atoms with E-state index in [-0.39, 0.29) is 0 Å². The van der Waals surface area contributed by atoms with Gasteiger partial charge in [-0.15, -0.1) is 0 Å². The molecule has 0 spiro atoms. The van der Waals surface area contributed by atoms with Crippen LogP contribution in [-0.4, -0.2) is 43.3 Å². The van der Waals surface area contributed by atoms with Gasteiger partial charge in [-0.05, 0) is 58.7 Å². The zero-order valence-corrected chi connectivity index (χ0v) is 34.2. The minimum Gasteiger partial charge on any atom is -0.374 e. The molecule has 0 amide bonds. The molecular weight excluding hydrogens is 748 g/mol. The van der Waals surface area contributed by atoms with Crippen molar-refractivity contribution >= 4 is 23.2 Å². The van der Waals surface area contributed by atoms with E-state index in [1.54, 1.807) is 0 Å². The first-order valence-corrected chi connectivity index (χ1v) is 22.5. The molecule has 298 valence electrons. The molecule has 6 heteroatoms. The molecule has 1 saturated heterocycles. The first-order chi connectivity index (χ1) is 29.3. The van der Waals surface area contributed by atoms with Crippen molar-refractivity contribution in [2.75, 3.05) is 12.8 Å². The van der Waals surface area contributed by atoms with Gasteiger partial charge in [0.2, 0.25) is 0 Å². The fraction of sp³-hybridized carbons (Fsp3) is 0.208. The summed E-state index contributed by atoms with van der Waals surface area (Å²) in [5.41, 5.74) is 4.34. The Bertz CT molecular complexity index is 2130. The third kappa shape index (κ3) is 10.3. The maximum Gasteiger partial charge on any atom is 0.121 e. The Labute approximate surface area is 349 Å². The van der Waals surface area contributed by atoms with Crippen LogP contribution in [0.4, 0.5) is 0 Å². The van der Waals surface area contributed by atoms with Gasteiger partial charge < -0.3 is 23.7 Å². The Morgan fingerprint density at radius 2 is 0.644 bits per heavy atom. The van der Waals surface area contributed by atoms with Crippen molar-refractivity contribution in [3.8, 4) is 0 Å². The van der Waals surface area contributed by atoms with Gasteiger partial charge in [0.25, 0.3) is 0 Å². The molecule has 7 aromatic rings. The molecule has 0 aliphatic carbocycles. The van der Waals surface area contributed by atoms with Crippen molar-refractivity contribution in [1.29, 1.82) is 0 Å². The van der Waals surface area contributed by atoms with Gasteiger partial charge in [0, 0.05) is 0 Å². The maximum atomic E-state index is 7.50. The summed E-state index contributed by atoms with van der Waals surface area (Å²) < 4.78 is 35.4. The van der Waals surface area contributed by atoms with Crippen LogP contribution < -0.4 is 15.9 Å². The van der Waals surface area contributed by atoms with E-state index in [4.69, 9.17) is 23.7 Å². The van der Waals surface area contributed by atoms with Crippen molar-refractivity contribution < 1.29 is 23.7 Å². The molecule has 0 bridgehead atoms. The molecule has 5 atom stereocenters. The second kappa shape index (κ2) is 20.6. The largest absolute Gasteiger partial charge is 0.374 e. The smallest absolute Gasteiger partial charge is 0.121 e. The minimum absolute atomic E-state index is 0.314. The quantitative estimate of drug-likeness (QED) is 0.0810. The first kappa shape index (κ1) is 40.5. The zero-order chi connectivity index (χ0) is 40.0. The van der Waals surface area contributed by atoms with Crippen LogP contribution in [0.1, 0.15) is 22.3 Å². The van der Waals surface area contributed by atoms with E-state index in [0.29, 0.717) is 39.2 Å². The molecule has 1 aliphatic rings. The third-order valence-corrected chi connectivity index (χ3v) is 15.5. The molecule has 0 aromatic heterocycles. The maximum absolute atomic E-state index is 7.50. The monoisotopic (exact) mass is 799 g/mol. The van der Waals surface area contributed by atoms with Crippen molar-refractivity contribution in [1.82, 2.24) is 0 Å². The van der Waals surface area contributed by atoms with Crippen LogP contribution in [0, 0.1) is 0 Å². The highest BCUT2D eigenvalue weighted by Crippen LogP contribution is 2.57. The summed E-state index contributed by atoms with van der Waals surface area (Å²) >= 11 is 0. The highest BCUT2D eigenvalue weighted by atomic mass is 31.2. The molecule has 59 heavy (non-hydrogen) atoms. The van der Waals surface area contributed by atoms with E-state index in [0.717, 1.165) is 22.3 Å². The third-order valence-electron chi connectivity index (χ3n) is 11.0. The van der Waals surface area contributed by atoms with Crippen molar-refractivity contribution in [3.05, 3.63) is 235 Å². The summed E-state index contributed by atoms with van der Waals surface area (Å²) in [6.07, 6.45) is -1.71. The summed E-state index contributed by atoms with van der Waals surface area (Å²) in [6, 6.07) is 74.2. The Hall–Kier alpha value is -5.23. The predicted octanol–water partition coefficient (Wildman–Crippen LogP) is 9.72. The summed E-state index contributed by atoms with van der Waals surface area (Å²) in [5, 5.41) is 3.84. The van der Waals surface area contributed by atoms with E-state index in [1.807, 2.05) is 48.5 Å². The van der Waals surface area contributed by atoms with Gasteiger partial charge in [-0.25, -0.2) is 0 Å². The second-order valence-electron chi connectivity index (χ2n) is 15.0. The molecule has 0 unspecified atom stereocenters. The molecule has 1 heterocycles. The van der Waals surface area contributed by atoms with Crippen LogP contribution in [0.3, 0.4) is 0 Å². The topological polar surface area (TPSA) is 46.2 Å². The molecule has 5 nitrogen and oxygen atoms in total. The molecule has 0 saturated carbocycles. The Morgan fingerprint density at radius 3 is 1.02 bits per heavy atom. The lowest BCUT2D eigenvalue weighted by molar-refractivity contribution is -0.268. The Balaban J connectivity index is 1.24. The fourth-order valence-electron chi connectivity index (χ4n) is 8.11. The number of ether oxygens (including phenoxy) is 5. The average Bonchev–Trinajstić information content (AvgIpc) is 3.31.